The first kappa shape index (κ1) is 14.6. The van der Waals surface area contributed by atoms with Gasteiger partial charge in [0.1, 0.15) is 12.4 Å². The van der Waals surface area contributed by atoms with E-state index in [1.54, 1.807) is 24.3 Å². The highest BCUT2D eigenvalue weighted by Gasteiger charge is 2.06. The van der Waals surface area contributed by atoms with Crippen LogP contribution in [0.15, 0.2) is 42.5 Å². The fourth-order valence-electron chi connectivity index (χ4n) is 1.46. The van der Waals surface area contributed by atoms with E-state index >= 15 is 0 Å². The molecule has 2 rings (SSSR count). The molecule has 3 nitrogen and oxygen atoms in total. The minimum atomic E-state index is -0.632. The predicted octanol–water partition coefficient (Wildman–Crippen LogP) is 4.88. The van der Waals surface area contributed by atoms with Crippen LogP contribution in [-0.4, -0.2) is 6.09 Å². The molecule has 20 heavy (non-hydrogen) atoms. The van der Waals surface area contributed by atoms with E-state index in [2.05, 4.69) is 5.32 Å². The van der Waals surface area contributed by atoms with Gasteiger partial charge in [-0.2, -0.15) is 0 Å². The Bertz CT molecular complexity index is 617. The third kappa shape index (κ3) is 4.11. The van der Waals surface area contributed by atoms with Gasteiger partial charge in [-0.1, -0.05) is 35.3 Å². The number of rotatable bonds is 3. The lowest BCUT2D eigenvalue weighted by Gasteiger charge is -2.07. The number of hydrogen-bond donors (Lipinski definition) is 1. The van der Waals surface area contributed by atoms with Gasteiger partial charge in [-0.05, 0) is 35.9 Å². The van der Waals surface area contributed by atoms with Crippen LogP contribution < -0.4 is 5.32 Å². The van der Waals surface area contributed by atoms with Gasteiger partial charge in [0, 0.05) is 5.69 Å². The van der Waals surface area contributed by atoms with Crippen molar-refractivity contribution in [2.45, 2.75) is 6.61 Å². The van der Waals surface area contributed by atoms with E-state index in [0.29, 0.717) is 21.3 Å². The first-order valence-electron chi connectivity index (χ1n) is 5.68. The fraction of sp³-hybridized carbons (Fsp3) is 0.0714. The van der Waals surface area contributed by atoms with Crippen LogP contribution in [0.3, 0.4) is 0 Å². The van der Waals surface area contributed by atoms with Crippen LogP contribution in [0.2, 0.25) is 10.0 Å². The molecule has 104 valence electrons. The predicted molar refractivity (Wildman–Crippen MR) is 76.7 cm³/mol. The summed E-state index contributed by atoms with van der Waals surface area (Å²) in [5.41, 5.74) is 1.17. The van der Waals surface area contributed by atoms with E-state index in [1.165, 1.54) is 18.2 Å². The average Bonchev–Trinajstić information content (AvgIpc) is 2.42. The molecule has 1 N–H and O–H groups in total. The molecule has 0 fully saturated rings. The lowest BCUT2D eigenvalue weighted by atomic mass is 10.2. The Morgan fingerprint density at radius 1 is 1.10 bits per heavy atom. The van der Waals surface area contributed by atoms with Crippen LogP contribution in [0.25, 0.3) is 0 Å². The highest BCUT2D eigenvalue weighted by Crippen LogP contribution is 2.25. The zero-order valence-corrected chi connectivity index (χ0v) is 11.7. The summed E-state index contributed by atoms with van der Waals surface area (Å²) in [5, 5.41) is 3.25. The SMILES string of the molecule is O=C(Nc1ccc(Cl)c(Cl)c1)OCc1ccc(F)cc1. The molecule has 0 spiro atoms. The summed E-state index contributed by atoms with van der Waals surface area (Å²) in [7, 11) is 0. The zero-order chi connectivity index (χ0) is 14.5. The van der Waals surface area contributed by atoms with Gasteiger partial charge in [-0.3, -0.25) is 5.32 Å². The van der Waals surface area contributed by atoms with Gasteiger partial charge in [-0.15, -0.1) is 0 Å². The monoisotopic (exact) mass is 313 g/mol. The van der Waals surface area contributed by atoms with Gasteiger partial charge in [-0.25, -0.2) is 9.18 Å². The van der Waals surface area contributed by atoms with Crippen molar-refractivity contribution in [2.75, 3.05) is 5.32 Å². The average molecular weight is 314 g/mol. The van der Waals surface area contributed by atoms with E-state index in [0.717, 1.165) is 0 Å². The Morgan fingerprint density at radius 3 is 2.45 bits per heavy atom. The van der Waals surface area contributed by atoms with Gasteiger partial charge in [0.15, 0.2) is 0 Å². The van der Waals surface area contributed by atoms with Crippen molar-refractivity contribution in [3.8, 4) is 0 Å². The minimum Gasteiger partial charge on any atom is -0.444 e. The van der Waals surface area contributed by atoms with Crippen molar-refractivity contribution >= 4 is 35.0 Å². The summed E-state index contributed by atoms with van der Waals surface area (Å²) in [5.74, 6) is -0.339. The molecule has 0 aromatic heterocycles. The van der Waals surface area contributed by atoms with Gasteiger partial charge in [0.25, 0.3) is 0 Å². The van der Waals surface area contributed by atoms with Crippen molar-refractivity contribution in [1.29, 1.82) is 0 Å². The van der Waals surface area contributed by atoms with Crippen LogP contribution in [0.1, 0.15) is 5.56 Å². The van der Waals surface area contributed by atoms with E-state index < -0.39 is 6.09 Å². The highest BCUT2D eigenvalue weighted by molar-refractivity contribution is 6.42. The molecule has 2 aromatic rings. The lowest BCUT2D eigenvalue weighted by molar-refractivity contribution is 0.155. The third-order valence-electron chi connectivity index (χ3n) is 2.45. The van der Waals surface area contributed by atoms with Crippen LogP contribution in [0.5, 0.6) is 0 Å². The summed E-state index contributed by atoms with van der Waals surface area (Å²) in [6.45, 7) is 0.0490. The molecule has 6 heteroatoms. The van der Waals surface area contributed by atoms with Crippen molar-refractivity contribution < 1.29 is 13.9 Å². The Balaban J connectivity index is 1.89. The molecule has 0 aliphatic heterocycles. The Morgan fingerprint density at radius 2 is 1.80 bits per heavy atom. The maximum absolute atomic E-state index is 12.7. The summed E-state index contributed by atoms with van der Waals surface area (Å²) in [4.78, 5) is 11.6. The van der Waals surface area contributed by atoms with Crippen LogP contribution in [0.4, 0.5) is 14.9 Å². The number of amides is 1. The molecular weight excluding hydrogens is 304 g/mol. The third-order valence-corrected chi connectivity index (χ3v) is 3.19. The molecule has 0 radical (unpaired) electrons. The number of carbonyl (C=O) groups excluding carboxylic acids is 1. The zero-order valence-electron chi connectivity index (χ0n) is 10.2. The Kier molecular flexibility index (Phi) is 4.82. The van der Waals surface area contributed by atoms with Gasteiger partial charge in [0.05, 0.1) is 10.0 Å². The molecule has 1 amide bonds. The maximum Gasteiger partial charge on any atom is 0.411 e. The second-order valence-corrected chi connectivity index (χ2v) is 4.77. The highest BCUT2D eigenvalue weighted by atomic mass is 35.5. The topological polar surface area (TPSA) is 38.3 Å². The van der Waals surface area contributed by atoms with E-state index in [1.807, 2.05) is 0 Å². The maximum atomic E-state index is 12.7. The van der Waals surface area contributed by atoms with Crippen LogP contribution in [0, 0.1) is 5.82 Å². The van der Waals surface area contributed by atoms with Crippen LogP contribution >= 0.6 is 23.2 Å². The second kappa shape index (κ2) is 6.59. The van der Waals surface area contributed by atoms with E-state index in [-0.39, 0.29) is 12.4 Å². The number of anilines is 1. The standard InChI is InChI=1S/C14H10Cl2FNO2/c15-12-6-5-11(7-13(12)16)18-14(19)20-8-9-1-3-10(17)4-2-9/h1-7H,8H2,(H,18,19). The molecule has 2 aromatic carbocycles. The molecular formula is C14H10Cl2FNO2. The number of nitrogens with one attached hydrogen (secondary N) is 1. The van der Waals surface area contributed by atoms with Crippen molar-refractivity contribution in [3.63, 3.8) is 0 Å². The number of halogens is 3. The van der Waals surface area contributed by atoms with Gasteiger partial charge < -0.3 is 4.74 Å². The molecule has 0 heterocycles. The Hall–Kier alpha value is -1.78. The summed E-state index contributed by atoms with van der Waals surface area (Å²) in [6.07, 6.45) is -0.632. The number of benzene rings is 2. The first-order chi connectivity index (χ1) is 9.54. The summed E-state index contributed by atoms with van der Waals surface area (Å²) >= 11 is 11.6. The molecule has 0 saturated heterocycles. The van der Waals surface area contributed by atoms with Gasteiger partial charge in [0.2, 0.25) is 0 Å². The number of carbonyl (C=O) groups is 1. The normalized spacial score (nSPS) is 10.2. The quantitative estimate of drug-likeness (QED) is 0.876. The number of ether oxygens (including phenoxy) is 1. The van der Waals surface area contributed by atoms with Crippen molar-refractivity contribution in [1.82, 2.24) is 0 Å². The molecule has 0 saturated carbocycles. The first-order valence-corrected chi connectivity index (χ1v) is 6.43. The van der Waals surface area contributed by atoms with Gasteiger partial charge >= 0.3 is 6.09 Å². The van der Waals surface area contributed by atoms with Crippen LogP contribution in [-0.2, 0) is 11.3 Å². The molecule has 0 bridgehead atoms. The van der Waals surface area contributed by atoms with Crippen molar-refractivity contribution in [2.24, 2.45) is 0 Å². The second-order valence-electron chi connectivity index (χ2n) is 3.96. The smallest absolute Gasteiger partial charge is 0.411 e. The summed E-state index contributed by atoms with van der Waals surface area (Å²) in [6, 6.07) is 10.4. The lowest BCUT2D eigenvalue weighted by Crippen LogP contribution is -2.13. The van der Waals surface area contributed by atoms with E-state index in [4.69, 9.17) is 27.9 Å². The molecule has 0 aliphatic carbocycles. The Labute approximate surface area is 125 Å². The van der Waals surface area contributed by atoms with E-state index in [9.17, 15) is 9.18 Å². The molecule has 0 unspecified atom stereocenters. The summed E-state index contributed by atoms with van der Waals surface area (Å²) < 4.78 is 17.7. The fourth-order valence-corrected chi connectivity index (χ4v) is 1.76. The molecule has 0 aliphatic rings. The number of hydrogen-bond acceptors (Lipinski definition) is 2. The minimum absolute atomic E-state index is 0.0490. The molecule has 0 atom stereocenters. The largest absolute Gasteiger partial charge is 0.444 e. The van der Waals surface area contributed by atoms with Crippen molar-refractivity contribution in [3.05, 3.63) is 63.9 Å².